The molecule has 2 N–H and O–H groups in total. The standard InChI is InChI=1S/C21H22F2N2O3/c1-28-19-5-3-2-4-18(19)25-21(27)14-8-6-13(7-9-14)20(26)24-17-11-10-15(22)12-16(17)23/h2-5,10-14H,6-9H2,1H3,(H,24,26)(H,25,27). The number of carbonyl (C=O) groups excluding carboxylic acids is 2. The van der Waals surface area contributed by atoms with Gasteiger partial charge in [-0.2, -0.15) is 0 Å². The molecule has 0 radical (unpaired) electrons. The number of benzene rings is 2. The Kier molecular flexibility index (Phi) is 6.23. The number of anilines is 2. The average Bonchev–Trinajstić information content (AvgIpc) is 2.70. The molecule has 5 nitrogen and oxygen atoms in total. The molecule has 1 aliphatic rings. The maximum Gasteiger partial charge on any atom is 0.227 e. The van der Waals surface area contributed by atoms with Crippen LogP contribution < -0.4 is 15.4 Å². The first-order chi connectivity index (χ1) is 13.5. The number of hydrogen-bond donors (Lipinski definition) is 2. The molecular formula is C21H22F2N2O3. The summed E-state index contributed by atoms with van der Waals surface area (Å²) in [4.78, 5) is 24.9. The van der Waals surface area contributed by atoms with Crippen molar-refractivity contribution in [2.45, 2.75) is 25.7 Å². The van der Waals surface area contributed by atoms with Gasteiger partial charge in [0.15, 0.2) is 0 Å². The Morgan fingerprint density at radius 3 is 2.04 bits per heavy atom. The lowest BCUT2D eigenvalue weighted by Gasteiger charge is -2.27. The molecule has 2 aromatic rings. The number of halogens is 2. The molecule has 2 aromatic carbocycles. The van der Waals surface area contributed by atoms with Gasteiger partial charge in [-0.05, 0) is 49.9 Å². The number of para-hydroxylation sites is 2. The van der Waals surface area contributed by atoms with Gasteiger partial charge in [0, 0.05) is 17.9 Å². The Morgan fingerprint density at radius 1 is 0.893 bits per heavy atom. The number of ether oxygens (including phenoxy) is 1. The second kappa shape index (κ2) is 8.82. The van der Waals surface area contributed by atoms with Gasteiger partial charge in [-0.1, -0.05) is 12.1 Å². The quantitative estimate of drug-likeness (QED) is 0.800. The summed E-state index contributed by atoms with van der Waals surface area (Å²) < 4.78 is 31.9. The SMILES string of the molecule is COc1ccccc1NC(=O)C1CCC(C(=O)Nc2ccc(F)cc2F)CC1. The molecule has 7 heteroatoms. The van der Waals surface area contributed by atoms with Gasteiger partial charge in [-0.15, -0.1) is 0 Å². The van der Waals surface area contributed by atoms with E-state index in [0.717, 1.165) is 12.1 Å². The van der Waals surface area contributed by atoms with E-state index in [1.807, 2.05) is 12.1 Å². The van der Waals surface area contributed by atoms with E-state index in [2.05, 4.69) is 10.6 Å². The Labute approximate surface area is 162 Å². The Balaban J connectivity index is 1.53. The lowest BCUT2D eigenvalue weighted by Crippen LogP contribution is -2.32. The summed E-state index contributed by atoms with van der Waals surface area (Å²) in [5, 5.41) is 5.39. The second-order valence-electron chi connectivity index (χ2n) is 6.85. The Bertz CT molecular complexity index is 864. The van der Waals surface area contributed by atoms with Crippen LogP contribution in [-0.2, 0) is 9.59 Å². The van der Waals surface area contributed by atoms with E-state index in [1.165, 1.54) is 6.07 Å². The highest BCUT2D eigenvalue weighted by molar-refractivity contribution is 5.95. The van der Waals surface area contributed by atoms with E-state index in [4.69, 9.17) is 4.74 Å². The highest BCUT2D eigenvalue weighted by Gasteiger charge is 2.30. The summed E-state index contributed by atoms with van der Waals surface area (Å²) >= 11 is 0. The first-order valence-electron chi connectivity index (χ1n) is 9.17. The van der Waals surface area contributed by atoms with Crippen molar-refractivity contribution in [1.82, 2.24) is 0 Å². The summed E-state index contributed by atoms with van der Waals surface area (Å²) in [6, 6.07) is 10.2. The highest BCUT2D eigenvalue weighted by atomic mass is 19.1. The molecular weight excluding hydrogens is 366 g/mol. The van der Waals surface area contributed by atoms with Crippen molar-refractivity contribution in [3.63, 3.8) is 0 Å². The van der Waals surface area contributed by atoms with Crippen molar-refractivity contribution < 1.29 is 23.1 Å². The fourth-order valence-corrected chi connectivity index (χ4v) is 3.43. The summed E-state index contributed by atoms with van der Waals surface area (Å²) in [5.41, 5.74) is 0.573. The maximum atomic E-state index is 13.7. The van der Waals surface area contributed by atoms with Crippen LogP contribution in [0.1, 0.15) is 25.7 Å². The number of rotatable bonds is 5. The molecule has 0 bridgehead atoms. The van der Waals surface area contributed by atoms with Crippen molar-refractivity contribution in [3.8, 4) is 5.75 Å². The first-order valence-corrected chi connectivity index (χ1v) is 9.17. The van der Waals surface area contributed by atoms with Crippen LogP contribution in [0.5, 0.6) is 5.75 Å². The minimum atomic E-state index is -0.807. The van der Waals surface area contributed by atoms with Crippen molar-refractivity contribution >= 4 is 23.2 Å². The summed E-state index contributed by atoms with van der Waals surface area (Å²) in [6.45, 7) is 0. The monoisotopic (exact) mass is 388 g/mol. The fraction of sp³-hybridized carbons (Fsp3) is 0.333. The van der Waals surface area contributed by atoms with Gasteiger partial charge in [-0.25, -0.2) is 8.78 Å². The maximum absolute atomic E-state index is 13.7. The second-order valence-corrected chi connectivity index (χ2v) is 6.85. The molecule has 3 rings (SSSR count). The molecule has 0 spiro atoms. The first kappa shape index (κ1) is 19.8. The zero-order valence-corrected chi connectivity index (χ0v) is 15.5. The molecule has 1 saturated carbocycles. The van der Waals surface area contributed by atoms with Crippen molar-refractivity contribution in [2.24, 2.45) is 11.8 Å². The number of methoxy groups -OCH3 is 1. The minimum absolute atomic E-state index is 0.0394. The van der Waals surface area contributed by atoms with Gasteiger partial charge in [0.05, 0.1) is 18.5 Å². The number of hydrogen-bond acceptors (Lipinski definition) is 3. The van der Waals surface area contributed by atoms with Gasteiger partial charge in [0.1, 0.15) is 17.4 Å². The third-order valence-corrected chi connectivity index (χ3v) is 5.02. The van der Waals surface area contributed by atoms with E-state index < -0.39 is 11.6 Å². The molecule has 0 heterocycles. The molecule has 1 fully saturated rings. The van der Waals surface area contributed by atoms with E-state index >= 15 is 0 Å². The fourth-order valence-electron chi connectivity index (χ4n) is 3.43. The Morgan fingerprint density at radius 2 is 1.46 bits per heavy atom. The van der Waals surface area contributed by atoms with Crippen molar-refractivity contribution in [1.29, 1.82) is 0 Å². The molecule has 0 saturated heterocycles. The van der Waals surface area contributed by atoms with Crippen LogP contribution in [0.3, 0.4) is 0 Å². The van der Waals surface area contributed by atoms with E-state index in [0.29, 0.717) is 37.1 Å². The van der Waals surface area contributed by atoms with Gasteiger partial charge >= 0.3 is 0 Å². The molecule has 2 amide bonds. The van der Waals surface area contributed by atoms with Crippen LogP contribution in [0.4, 0.5) is 20.2 Å². The van der Waals surface area contributed by atoms with Crippen LogP contribution in [0, 0.1) is 23.5 Å². The molecule has 148 valence electrons. The Hall–Kier alpha value is -2.96. The summed E-state index contributed by atoms with van der Waals surface area (Å²) in [5.74, 6) is -1.83. The van der Waals surface area contributed by atoms with E-state index in [-0.39, 0.29) is 29.3 Å². The summed E-state index contributed by atoms with van der Waals surface area (Å²) in [7, 11) is 1.54. The lowest BCUT2D eigenvalue weighted by atomic mass is 9.81. The van der Waals surface area contributed by atoms with Gasteiger partial charge in [-0.3, -0.25) is 9.59 Å². The average molecular weight is 388 g/mol. The van der Waals surface area contributed by atoms with Crippen LogP contribution >= 0.6 is 0 Å². The molecule has 1 aliphatic carbocycles. The van der Waals surface area contributed by atoms with Crippen LogP contribution in [0.15, 0.2) is 42.5 Å². The van der Waals surface area contributed by atoms with E-state index in [1.54, 1.807) is 19.2 Å². The zero-order valence-electron chi connectivity index (χ0n) is 15.5. The number of amides is 2. The molecule has 0 atom stereocenters. The van der Waals surface area contributed by atoms with Gasteiger partial charge in [0.25, 0.3) is 0 Å². The number of carbonyl (C=O) groups is 2. The van der Waals surface area contributed by atoms with Crippen molar-refractivity contribution in [2.75, 3.05) is 17.7 Å². The lowest BCUT2D eigenvalue weighted by molar-refractivity contribution is -0.125. The van der Waals surface area contributed by atoms with Gasteiger partial charge < -0.3 is 15.4 Å². The molecule has 28 heavy (non-hydrogen) atoms. The third kappa shape index (κ3) is 4.65. The number of nitrogens with one attached hydrogen (secondary N) is 2. The normalized spacial score (nSPS) is 19.0. The molecule has 0 aliphatic heterocycles. The van der Waals surface area contributed by atoms with Crippen LogP contribution in [0.25, 0.3) is 0 Å². The van der Waals surface area contributed by atoms with E-state index in [9.17, 15) is 18.4 Å². The predicted octanol–water partition coefficient (Wildman–Crippen LogP) is 4.36. The summed E-state index contributed by atoms with van der Waals surface area (Å²) in [6.07, 6.45) is 2.17. The van der Waals surface area contributed by atoms with Crippen LogP contribution in [-0.4, -0.2) is 18.9 Å². The largest absolute Gasteiger partial charge is 0.495 e. The van der Waals surface area contributed by atoms with Crippen molar-refractivity contribution in [3.05, 3.63) is 54.1 Å². The molecule has 0 unspecified atom stereocenters. The highest BCUT2D eigenvalue weighted by Crippen LogP contribution is 2.32. The van der Waals surface area contributed by atoms with Gasteiger partial charge in [0.2, 0.25) is 11.8 Å². The third-order valence-electron chi connectivity index (χ3n) is 5.02. The topological polar surface area (TPSA) is 67.4 Å². The van der Waals surface area contributed by atoms with Crippen LogP contribution in [0.2, 0.25) is 0 Å². The zero-order chi connectivity index (χ0) is 20.1. The molecule has 0 aromatic heterocycles. The minimum Gasteiger partial charge on any atom is -0.495 e. The smallest absolute Gasteiger partial charge is 0.227 e. The predicted molar refractivity (Wildman–Crippen MR) is 102 cm³/mol.